The molecule has 0 saturated heterocycles. The number of para-hydroxylation sites is 1. The second-order valence-corrected chi connectivity index (χ2v) is 7.76. The summed E-state index contributed by atoms with van der Waals surface area (Å²) in [5.74, 6) is 2.56. The first-order valence-corrected chi connectivity index (χ1v) is 11.2. The van der Waals surface area contributed by atoms with E-state index in [0.29, 0.717) is 47.2 Å². The Balaban J connectivity index is 1.40. The van der Waals surface area contributed by atoms with Crippen LogP contribution in [0.15, 0.2) is 85.3 Å². The van der Waals surface area contributed by atoms with Gasteiger partial charge < -0.3 is 19.5 Å². The van der Waals surface area contributed by atoms with E-state index in [1.807, 2.05) is 60.7 Å². The molecule has 3 aromatic carbocycles. The second-order valence-electron chi connectivity index (χ2n) is 7.76. The Morgan fingerprint density at radius 3 is 2.53 bits per heavy atom. The third-order valence-corrected chi connectivity index (χ3v) is 5.43. The van der Waals surface area contributed by atoms with E-state index in [2.05, 4.69) is 26.7 Å². The van der Waals surface area contributed by atoms with Crippen molar-refractivity contribution >= 4 is 22.3 Å². The summed E-state index contributed by atoms with van der Waals surface area (Å²) in [6.07, 6.45) is 4.93. The molecule has 0 radical (unpaired) electrons. The molecule has 5 rings (SSSR count). The van der Waals surface area contributed by atoms with Gasteiger partial charge in [0.1, 0.15) is 24.2 Å². The van der Waals surface area contributed by atoms with Crippen LogP contribution in [0.1, 0.15) is 5.56 Å². The lowest BCUT2D eigenvalue weighted by Gasteiger charge is -2.15. The van der Waals surface area contributed by atoms with Gasteiger partial charge in [-0.3, -0.25) is 4.98 Å². The van der Waals surface area contributed by atoms with Gasteiger partial charge in [0.2, 0.25) is 0 Å². The molecule has 0 saturated carbocycles. The predicted octanol–water partition coefficient (Wildman–Crippen LogP) is 5.32. The number of nitrogens with one attached hydrogen (secondary N) is 1. The number of aromatic nitrogens is 4. The molecule has 178 valence electrons. The third kappa shape index (κ3) is 5.03. The molecule has 9 heteroatoms. The minimum absolute atomic E-state index is 0.379. The standard InChI is InChI=1S/C27H22N6O3/c1-34-25-15-23-24(16-26(25)35-14-13-33-12-11-30-32-33)29-18-19(17-28)27(23)31-20-7-9-22(10-8-20)36-21-5-3-2-4-6-21/h2-12,15-16,18H,13-14H2,1H3,(H,29,31). The molecule has 1 N–H and O–H groups in total. The number of rotatable bonds is 9. The zero-order valence-corrected chi connectivity index (χ0v) is 19.5. The first kappa shape index (κ1) is 22.7. The SMILES string of the molecule is COc1cc2c(Nc3ccc(Oc4ccccc4)cc3)c(C#N)cnc2cc1OCCn1ccnn1. The van der Waals surface area contributed by atoms with Crippen LogP contribution in [-0.2, 0) is 6.54 Å². The van der Waals surface area contributed by atoms with E-state index in [0.717, 1.165) is 16.8 Å². The Morgan fingerprint density at radius 1 is 1.00 bits per heavy atom. The maximum Gasteiger partial charge on any atom is 0.163 e. The number of pyridine rings is 1. The highest BCUT2D eigenvalue weighted by atomic mass is 16.5. The lowest BCUT2D eigenvalue weighted by atomic mass is 10.1. The monoisotopic (exact) mass is 478 g/mol. The molecule has 2 heterocycles. The van der Waals surface area contributed by atoms with Gasteiger partial charge in [0.15, 0.2) is 11.5 Å². The molecule has 0 unspecified atom stereocenters. The first-order chi connectivity index (χ1) is 17.7. The van der Waals surface area contributed by atoms with Crippen molar-refractivity contribution in [1.82, 2.24) is 20.0 Å². The number of nitriles is 1. The molecule has 36 heavy (non-hydrogen) atoms. The van der Waals surface area contributed by atoms with Gasteiger partial charge in [0.05, 0.1) is 36.6 Å². The number of fused-ring (bicyclic) bond motifs is 1. The number of methoxy groups -OCH3 is 1. The van der Waals surface area contributed by atoms with Gasteiger partial charge in [0.25, 0.3) is 0 Å². The largest absolute Gasteiger partial charge is 0.493 e. The van der Waals surface area contributed by atoms with Gasteiger partial charge in [-0.2, -0.15) is 5.26 Å². The summed E-state index contributed by atoms with van der Waals surface area (Å²) in [4.78, 5) is 4.46. The van der Waals surface area contributed by atoms with Crippen molar-refractivity contribution in [2.45, 2.75) is 6.54 Å². The van der Waals surface area contributed by atoms with Crippen LogP contribution in [0.5, 0.6) is 23.0 Å². The van der Waals surface area contributed by atoms with Crippen molar-refractivity contribution in [2.24, 2.45) is 0 Å². The van der Waals surface area contributed by atoms with Crippen molar-refractivity contribution in [3.63, 3.8) is 0 Å². The number of ether oxygens (including phenoxy) is 3. The van der Waals surface area contributed by atoms with Crippen LogP contribution in [0.3, 0.4) is 0 Å². The summed E-state index contributed by atoms with van der Waals surface area (Å²) in [6.45, 7) is 0.919. The van der Waals surface area contributed by atoms with Crippen molar-refractivity contribution in [3.8, 4) is 29.1 Å². The van der Waals surface area contributed by atoms with Crippen LogP contribution in [0, 0.1) is 11.3 Å². The minimum Gasteiger partial charge on any atom is -0.493 e. The molecule has 0 aliphatic heterocycles. The van der Waals surface area contributed by atoms with Gasteiger partial charge in [-0.05, 0) is 42.5 Å². The summed E-state index contributed by atoms with van der Waals surface area (Å²) in [5, 5.41) is 21.5. The predicted molar refractivity (Wildman–Crippen MR) is 135 cm³/mol. The summed E-state index contributed by atoms with van der Waals surface area (Å²) in [6, 6.07) is 22.9. The maximum absolute atomic E-state index is 9.73. The third-order valence-electron chi connectivity index (χ3n) is 5.43. The Labute approximate surface area is 207 Å². The Morgan fingerprint density at radius 2 is 1.81 bits per heavy atom. The molecular weight excluding hydrogens is 456 g/mol. The zero-order valence-electron chi connectivity index (χ0n) is 19.5. The molecule has 0 bridgehead atoms. The molecule has 0 amide bonds. The van der Waals surface area contributed by atoms with Gasteiger partial charge in [-0.15, -0.1) is 5.10 Å². The summed E-state index contributed by atoms with van der Waals surface area (Å²) in [7, 11) is 1.57. The van der Waals surface area contributed by atoms with Crippen LogP contribution in [-0.4, -0.2) is 33.7 Å². The van der Waals surface area contributed by atoms with Crippen LogP contribution in [0.2, 0.25) is 0 Å². The topological polar surface area (TPSA) is 107 Å². The number of nitrogens with zero attached hydrogens (tertiary/aromatic N) is 5. The van der Waals surface area contributed by atoms with Gasteiger partial charge in [-0.1, -0.05) is 23.4 Å². The Hall–Kier alpha value is -5.10. The van der Waals surface area contributed by atoms with Crippen LogP contribution in [0.4, 0.5) is 11.4 Å². The normalized spacial score (nSPS) is 10.6. The maximum atomic E-state index is 9.73. The highest BCUT2D eigenvalue weighted by Crippen LogP contribution is 2.37. The summed E-state index contributed by atoms with van der Waals surface area (Å²) < 4.78 is 19.1. The molecule has 0 atom stereocenters. The quantitative estimate of drug-likeness (QED) is 0.303. The zero-order chi connectivity index (χ0) is 24.7. The highest BCUT2D eigenvalue weighted by Gasteiger charge is 2.15. The fourth-order valence-electron chi connectivity index (χ4n) is 3.67. The van der Waals surface area contributed by atoms with Crippen molar-refractivity contribution in [2.75, 3.05) is 19.0 Å². The highest BCUT2D eigenvalue weighted by molar-refractivity contribution is 5.97. The number of benzene rings is 3. The molecule has 5 aromatic rings. The van der Waals surface area contributed by atoms with E-state index in [1.54, 1.807) is 36.4 Å². The van der Waals surface area contributed by atoms with Crippen LogP contribution < -0.4 is 19.5 Å². The summed E-state index contributed by atoms with van der Waals surface area (Å²) in [5.41, 5.74) is 2.50. The lowest BCUT2D eigenvalue weighted by molar-refractivity contribution is 0.273. The van der Waals surface area contributed by atoms with Gasteiger partial charge in [-0.25, -0.2) is 4.68 Å². The van der Waals surface area contributed by atoms with Crippen molar-refractivity contribution < 1.29 is 14.2 Å². The van der Waals surface area contributed by atoms with Crippen molar-refractivity contribution in [3.05, 3.63) is 90.9 Å². The fourth-order valence-corrected chi connectivity index (χ4v) is 3.67. The average Bonchev–Trinajstić information content (AvgIpc) is 3.44. The minimum atomic E-state index is 0.379. The second kappa shape index (κ2) is 10.4. The van der Waals surface area contributed by atoms with E-state index in [9.17, 15) is 5.26 Å². The number of anilines is 2. The van der Waals surface area contributed by atoms with E-state index >= 15 is 0 Å². The van der Waals surface area contributed by atoms with Gasteiger partial charge in [0, 0.05) is 29.5 Å². The molecule has 0 aliphatic carbocycles. The lowest BCUT2D eigenvalue weighted by Crippen LogP contribution is -2.09. The molecule has 9 nitrogen and oxygen atoms in total. The van der Waals surface area contributed by atoms with E-state index < -0.39 is 0 Å². The molecule has 2 aromatic heterocycles. The molecule has 0 spiro atoms. The van der Waals surface area contributed by atoms with Crippen molar-refractivity contribution in [1.29, 1.82) is 5.26 Å². The molecule has 0 aliphatic rings. The summed E-state index contributed by atoms with van der Waals surface area (Å²) >= 11 is 0. The molecule has 0 fully saturated rings. The van der Waals surface area contributed by atoms with E-state index in [-0.39, 0.29) is 0 Å². The first-order valence-electron chi connectivity index (χ1n) is 11.2. The fraction of sp³-hybridized carbons (Fsp3) is 0.111. The molecular formula is C27H22N6O3. The smallest absolute Gasteiger partial charge is 0.163 e. The Kier molecular flexibility index (Phi) is 6.58. The van der Waals surface area contributed by atoms with Crippen LogP contribution >= 0.6 is 0 Å². The Bertz CT molecular complexity index is 1500. The van der Waals surface area contributed by atoms with Crippen LogP contribution in [0.25, 0.3) is 10.9 Å². The van der Waals surface area contributed by atoms with Gasteiger partial charge >= 0.3 is 0 Å². The number of hydrogen-bond acceptors (Lipinski definition) is 8. The average molecular weight is 479 g/mol. The van der Waals surface area contributed by atoms with E-state index in [4.69, 9.17) is 14.2 Å². The van der Waals surface area contributed by atoms with E-state index in [1.165, 1.54) is 0 Å². The number of hydrogen-bond donors (Lipinski definition) is 1.